The minimum Gasteiger partial charge on any atom is -0.224 e. The molecule has 0 aliphatic carbocycles. The van der Waals surface area contributed by atoms with Crippen molar-refractivity contribution in [2.24, 2.45) is 5.10 Å². The maximum Gasteiger partial charge on any atom is 0.288 e. The summed E-state index contributed by atoms with van der Waals surface area (Å²) in [4.78, 5) is 0. The van der Waals surface area contributed by atoms with Crippen LogP contribution >= 0.6 is 11.6 Å². The van der Waals surface area contributed by atoms with Crippen LogP contribution in [0.3, 0.4) is 0 Å². The maximum atomic E-state index is 12.9. The average molecular weight is 324 g/mol. The zero-order chi connectivity index (χ0) is 15.0. The van der Waals surface area contributed by atoms with E-state index in [4.69, 9.17) is 11.6 Å². The first-order chi connectivity index (χ1) is 10.1. The lowest BCUT2D eigenvalue weighted by molar-refractivity contribution is 0.580. The summed E-state index contributed by atoms with van der Waals surface area (Å²) in [5, 5.41) is 4.59. The molecule has 110 valence electrons. The number of anilines is 1. The number of benzene rings is 1. The highest BCUT2D eigenvalue weighted by atomic mass is 35.5. The Bertz CT molecular complexity index is 797. The van der Waals surface area contributed by atoms with Gasteiger partial charge in [-0.25, -0.2) is 8.98 Å². The first-order valence-electron chi connectivity index (χ1n) is 6.60. The largest absolute Gasteiger partial charge is 0.288 e. The van der Waals surface area contributed by atoms with E-state index in [-0.39, 0.29) is 10.0 Å². The number of hydrogen-bond acceptors (Lipinski definition) is 3. The molecule has 21 heavy (non-hydrogen) atoms. The zero-order valence-electron chi connectivity index (χ0n) is 11.4. The van der Waals surface area contributed by atoms with E-state index < -0.39 is 10.0 Å². The van der Waals surface area contributed by atoms with Crippen LogP contribution in [0.25, 0.3) is 0 Å². The normalized spacial score (nSPS) is 16.5. The molecule has 3 rings (SSSR count). The van der Waals surface area contributed by atoms with Gasteiger partial charge >= 0.3 is 0 Å². The predicted molar refractivity (Wildman–Crippen MR) is 83.3 cm³/mol. The maximum absolute atomic E-state index is 12.9. The second kappa shape index (κ2) is 5.20. The first kappa shape index (κ1) is 14.2. The van der Waals surface area contributed by atoms with Crippen molar-refractivity contribution in [1.82, 2.24) is 4.68 Å². The number of amidine groups is 1. The third-order valence-electron chi connectivity index (χ3n) is 3.18. The standard InChI is InChI=1S/C14H14ClN3O2S/c1-2-6-13-16-17-10-9-12(15)14(17)21(19,20)18(13)11-7-4-3-5-8-11/h3-5,7-10H,2,6H2,1H3. The first-order valence-corrected chi connectivity index (χ1v) is 8.42. The van der Waals surface area contributed by atoms with Crippen LogP contribution in [0, 0.1) is 0 Å². The number of fused-ring (bicyclic) bond motifs is 1. The lowest BCUT2D eigenvalue weighted by atomic mass is 10.3. The molecular formula is C14H14ClN3O2S. The number of sulfonamides is 1. The lowest BCUT2D eigenvalue weighted by Gasteiger charge is -2.29. The minimum atomic E-state index is -3.76. The fraction of sp³-hybridized carbons (Fsp3) is 0.214. The summed E-state index contributed by atoms with van der Waals surface area (Å²) >= 11 is 6.02. The van der Waals surface area contributed by atoms with Crippen LogP contribution in [0.2, 0.25) is 5.02 Å². The zero-order valence-corrected chi connectivity index (χ0v) is 13.0. The molecule has 0 N–H and O–H groups in total. The number of para-hydroxylation sites is 1. The Hall–Kier alpha value is -1.79. The summed E-state index contributed by atoms with van der Waals surface area (Å²) in [6, 6.07) is 10.5. The molecule has 5 nitrogen and oxygen atoms in total. The third kappa shape index (κ3) is 2.24. The smallest absolute Gasteiger partial charge is 0.224 e. The molecule has 0 bridgehead atoms. The van der Waals surface area contributed by atoms with Gasteiger partial charge in [-0.2, -0.15) is 13.5 Å². The number of aromatic nitrogens is 1. The molecule has 0 fully saturated rings. The second-order valence-corrected chi connectivity index (χ2v) is 6.79. The Balaban J connectivity index is 2.25. The molecule has 0 saturated heterocycles. The van der Waals surface area contributed by atoms with Crippen molar-refractivity contribution in [2.45, 2.75) is 24.8 Å². The summed E-state index contributed by atoms with van der Waals surface area (Å²) in [7, 11) is -3.76. The summed E-state index contributed by atoms with van der Waals surface area (Å²) in [5.74, 6) is 0.489. The van der Waals surface area contributed by atoms with Crippen molar-refractivity contribution < 1.29 is 8.42 Å². The van der Waals surface area contributed by atoms with Crippen molar-refractivity contribution in [3.05, 3.63) is 47.6 Å². The molecule has 0 amide bonds. The molecule has 1 aromatic carbocycles. The summed E-state index contributed by atoms with van der Waals surface area (Å²) in [6.07, 6.45) is 2.92. The van der Waals surface area contributed by atoms with E-state index in [2.05, 4.69) is 5.10 Å². The van der Waals surface area contributed by atoms with Crippen molar-refractivity contribution in [3.63, 3.8) is 0 Å². The van der Waals surface area contributed by atoms with Gasteiger partial charge in [0.05, 0.1) is 10.7 Å². The summed E-state index contributed by atoms with van der Waals surface area (Å²) in [6.45, 7) is 1.98. The van der Waals surface area contributed by atoms with Crippen LogP contribution in [0.15, 0.2) is 52.7 Å². The number of nitrogens with zero attached hydrogens (tertiary/aromatic N) is 3. The molecule has 2 heterocycles. The Morgan fingerprint density at radius 1 is 1.19 bits per heavy atom. The molecule has 1 aliphatic rings. The van der Waals surface area contributed by atoms with E-state index in [9.17, 15) is 8.42 Å². The van der Waals surface area contributed by atoms with E-state index in [0.717, 1.165) is 6.42 Å². The van der Waals surface area contributed by atoms with Crippen LogP contribution in [-0.2, 0) is 10.0 Å². The van der Waals surface area contributed by atoms with E-state index in [1.165, 1.54) is 15.0 Å². The highest BCUT2D eigenvalue weighted by molar-refractivity contribution is 7.93. The van der Waals surface area contributed by atoms with E-state index in [0.29, 0.717) is 17.9 Å². The fourth-order valence-electron chi connectivity index (χ4n) is 2.32. The van der Waals surface area contributed by atoms with Gasteiger partial charge in [-0.05, 0) is 24.6 Å². The van der Waals surface area contributed by atoms with Gasteiger partial charge < -0.3 is 0 Å². The molecule has 7 heteroatoms. The van der Waals surface area contributed by atoms with Gasteiger partial charge in [0.2, 0.25) is 0 Å². The van der Waals surface area contributed by atoms with Crippen LogP contribution in [-0.4, -0.2) is 18.9 Å². The van der Waals surface area contributed by atoms with Gasteiger partial charge in [0.25, 0.3) is 10.0 Å². The molecule has 1 aromatic heterocycles. The van der Waals surface area contributed by atoms with Gasteiger partial charge in [0.1, 0.15) is 5.84 Å². The molecule has 0 saturated carbocycles. The van der Waals surface area contributed by atoms with Crippen LogP contribution in [0.4, 0.5) is 5.69 Å². The third-order valence-corrected chi connectivity index (χ3v) is 5.40. The summed E-state index contributed by atoms with van der Waals surface area (Å²) < 4.78 is 28.4. The lowest BCUT2D eigenvalue weighted by Crippen LogP contribution is -2.41. The van der Waals surface area contributed by atoms with Crippen LogP contribution in [0.5, 0.6) is 0 Å². The molecule has 0 radical (unpaired) electrons. The van der Waals surface area contributed by atoms with Gasteiger partial charge in [0.15, 0.2) is 5.03 Å². The van der Waals surface area contributed by atoms with Gasteiger partial charge in [0, 0.05) is 12.6 Å². The Kier molecular flexibility index (Phi) is 3.51. The second-order valence-electron chi connectivity index (χ2n) is 4.68. The highest BCUT2D eigenvalue weighted by Crippen LogP contribution is 2.33. The highest BCUT2D eigenvalue weighted by Gasteiger charge is 2.37. The average Bonchev–Trinajstić information content (AvgIpc) is 2.82. The topological polar surface area (TPSA) is 54.7 Å². The monoisotopic (exact) mass is 323 g/mol. The van der Waals surface area contributed by atoms with Gasteiger partial charge in [-0.1, -0.05) is 36.7 Å². The summed E-state index contributed by atoms with van der Waals surface area (Å²) in [5.41, 5.74) is 0.563. The Labute approximate surface area is 128 Å². The van der Waals surface area contributed by atoms with Crippen LogP contribution < -0.4 is 4.31 Å². The molecule has 2 aromatic rings. The molecule has 1 aliphatic heterocycles. The molecule has 0 unspecified atom stereocenters. The van der Waals surface area contributed by atoms with Crippen molar-refractivity contribution in [3.8, 4) is 0 Å². The van der Waals surface area contributed by atoms with Crippen molar-refractivity contribution >= 4 is 33.1 Å². The van der Waals surface area contributed by atoms with E-state index >= 15 is 0 Å². The predicted octanol–water partition coefficient (Wildman–Crippen LogP) is 3.31. The Morgan fingerprint density at radius 2 is 1.90 bits per heavy atom. The van der Waals surface area contributed by atoms with E-state index in [1.54, 1.807) is 30.5 Å². The molecular weight excluding hydrogens is 310 g/mol. The number of hydrogen-bond donors (Lipinski definition) is 0. The quantitative estimate of drug-likeness (QED) is 0.870. The van der Waals surface area contributed by atoms with Gasteiger partial charge in [-0.3, -0.25) is 0 Å². The number of rotatable bonds is 3. The van der Waals surface area contributed by atoms with Crippen LogP contribution in [0.1, 0.15) is 19.8 Å². The SMILES string of the molecule is CCCC1=Nn2ccc(Cl)c2S(=O)(=O)N1c1ccccc1. The minimum absolute atomic E-state index is 0.00729. The fourth-order valence-corrected chi connectivity index (χ4v) is 4.39. The number of halogens is 1. The molecule has 0 atom stereocenters. The van der Waals surface area contributed by atoms with E-state index in [1.807, 2.05) is 13.0 Å². The Morgan fingerprint density at radius 3 is 2.57 bits per heavy atom. The molecule has 0 spiro atoms. The van der Waals surface area contributed by atoms with Crippen molar-refractivity contribution in [2.75, 3.05) is 4.31 Å². The van der Waals surface area contributed by atoms with Gasteiger partial charge in [-0.15, -0.1) is 0 Å². The van der Waals surface area contributed by atoms with Crippen molar-refractivity contribution in [1.29, 1.82) is 0 Å².